The molecule has 1 saturated heterocycles. The minimum Gasteiger partial charge on any atom is -0.466 e. The highest BCUT2D eigenvalue weighted by Gasteiger charge is 2.34. The zero-order chi connectivity index (χ0) is 18.4. The van der Waals surface area contributed by atoms with Crippen molar-refractivity contribution in [3.8, 4) is 11.4 Å². The molecule has 1 aliphatic rings. The van der Waals surface area contributed by atoms with Gasteiger partial charge in [0, 0.05) is 18.7 Å². The maximum atomic E-state index is 12.4. The lowest BCUT2D eigenvalue weighted by Crippen LogP contribution is -2.40. The number of urea groups is 1. The molecule has 1 fully saturated rings. The summed E-state index contributed by atoms with van der Waals surface area (Å²) in [5.74, 6) is 0.618. The maximum Gasteiger partial charge on any atom is 0.318 e. The van der Waals surface area contributed by atoms with Crippen LogP contribution in [0.3, 0.4) is 0 Å². The Labute approximate surface area is 151 Å². The molecule has 8 nitrogen and oxygen atoms in total. The first kappa shape index (κ1) is 17.9. The van der Waals surface area contributed by atoms with Crippen LogP contribution in [-0.2, 0) is 9.53 Å². The van der Waals surface area contributed by atoms with Crippen LogP contribution in [-0.4, -0.2) is 46.7 Å². The van der Waals surface area contributed by atoms with E-state index >= 15 is 0 Å². The van der Waals surface area contributed by atoms with Crippen molar-refractivity contribution in [2.45, 2.75) is 32.2 Å². The Morgan fingerprint density at radius 2 is 2.15 bits per heavy atom. The second-order valence-corrected chi connectivity index (χ2v) is 5.96. The molecule has 1 atom stereocenters. The van der Waals surface area contributed by atoms with Gasteiger partial charge in [0.15, 0.2) is 0 Å². The average Bonchev–Trinajstić information content (AvgIpc) is 3.32. The van der Waals surface area contributed by atoms with Crippen LogP contribution in [0, 0.1) is 0 Å². The summed E-state index contributed by atoms with van der Waals surface area (Å²) >= 11 is 0. The van der Waals surface area contributed by atoms with Crippen molar-refractivity contribution >= 4 is 12.0 Å². The molecule has 0 bridgehead atoms. The van der Waals surface area contributed by atoms with E-state index in [2.05, 4.69) is 15.5 Å². The average molecular weight is 358 g/mol. The molecule has 0 spiro atoms. The number of hydrogen-bond donors (Lipinski definition) is 1. The van der Waals surface area contributed by atoms with E-state index in [0.29, 0.717) is 24.9 Å². The fourth-order valence-corrected chi connectivity index (χ4v) is 2.95. The largest absolute Gasteiger partial charge is 0.466 e. The summed E-state index contributed by atoms with van der Waals surface area (Å²) in [7, 11) is 0. The maximum absolute atomic E-state index is 12.4. The number of nitrogens with one attached hydrogen (secondary N) is 1. The van der Waals surface area contributed by atoms with Gasteiger partial charge < -0.3 is 19.5 Å². The van der Waals surface area contributed by atoms with Crippen LogP contribution in [0.15, 0.2) is 34.9 Å². The number of esters is 1. The standard InChI is InChI=1S/C18H22N4O4/c1-2-25-15(23)10-11-19-18(24)22-12-6-9-14(22)17-20-16(21-26-17)13-7-4-3-5-8-13/h3-5,7-8,14H,2,6,9-12H2,1H3,(H,19,24). The summed E-state index contributed by atoms with van der Waals surface area (Å²) in [6.07, 6.45) is 1.78. The molecule has 1 N–H and O–H groups in total. The van der Waals surface area contributed by atoms with Crippen LogP contribution in [0.1, 0.15) is 38.1 Å². The van der Waals surface area contributed by atoms with Gasteiger partial charge in [-0.15, -0.1) is 0 Å². The molecule has 0 radical (unpaired) electrons. The number of ether oxygens (including phenoxy) is 1. The van der Waals surface area contributed by atoms with Gasteiger partial charge in [0.2, 0.25) is 11.7 Å². The quantitative estimate of drug-likeness (QED) is 0.797. The third-order valence-electron chi connectivity index (χ3n) is 4.18. The van der Waals surface area contributed by atoms with Crippen molar-refractivity contribution in [3.63, 3.8) is 0 Å². The molecular weight excluding hydrogens is 336 g/mol. The van der Waals surface area contributed by atoms with Gasteiger partial charge in [-0.25, -0.2) is 4.79 Å². The molecule has 26 heavy (non-hydrogen) atoms. The number of amides is 2. The Kier molecular flexibility index (Phi) is 5.83. The first-order chi connectivity index (χ1) is 12.7. The van der Waals surface area contributed by atoms with Crippen molar-refractivity contribution in [3.05, 3.63) is 36.2 Å². The topological polar surface area (TPSA) is 97.6 Å². The molecule has 2 heterocycles. The van der Waals surface area contributed by atoms with Crippen molar-refractivity contribution in [2.75, 3.05) is 19.7 Å². The van der Waals surface area contributed by atoms with Crippen molar-refractivity contribution in [1.29, 1.82) is 0 Å². The van der Waals surface area contributed by atoms with Crippen molar-refractivity contribution < 1.29 is 18.8 Å². The van der Waals surface area contributed by atoms with Crippen LogP contribution in [0.2, 0.25) is 0 Å². The van der Waals surface area contributed by atoms with Crippen LogP contribution in [0.4, 0.5) is 4.79 Å². The van der Waals surface area contributed by atoms with Gasteiger partial charge in [-0.05, 0) is 19.8 Å². The first-order valence-corrected chi connectivity index (χ1v) is 8.78. The highest BCUT2D eigenvalue weighted by molar-refractivity contribution is 5.76. The SMILES string of the molecule is CCOC(=O)CCNC(=O)N1CCCC1c1nc(-c2ccccc2)no1. The molecule has 1 aliphatic heterocycles. The number of benzene rings is 1. The van der Waals surface area contributed by atoms with Gasteiger partial charge in [-0.2, -0.15) is 4.98 Å². The summed E-state index contributed by atoms with van der Waals surface area (Å²) < 4.78 is 10.2. The smallest absolute Gasteiger partial charge is 0.318 e. The predicted octanol–water partition coefficient (Wildman–Crippen LogP) is 2.54. The van der Waals surface area contributed by atoms with E-state index in [0.717, 1.165) is 18.4 Å². The molecule has 8 heteroatoms. The Bertz CT molecular complexity index is 747. The Morgan fingerprint density at radius 3 is 2.92 bits per heavy atom. The molecule has 1 unspecified atom stereocenters. The van der Waals surface area contributed by atoms with E-state index < -0.39 is 0 Å². The fourth-order valence-electron chi connectivity index (χ4n) is 2.95. The second kappa shape index (κ2) is 8.46. The zero-order valence-corrected chi connectivity index (χ0v) is 14.7. The normalized spacial score (nSPS) is 16.5. The van der Waals surface area contributed by atoms with Gasteiger partial charge in [-0.1, -0.05) is 35.5 Å². The Hall–Kier alpha value is -2.90. The summed E-state index contributed by atoms with van der Waals surface area (Å²) in [5.41, 5.74) is 0.867. The molecule has 138 valence electrons. The molecule has 2 aromatic rings. The molecule has 3 rings (SSSR count). The third kappa shape index (κ3) is 4.19. The van der Waals surface area contributed by atoms with Gasteiger partial charge in [-0.3, -0.25) is 4.79 Å². The molecule has 2 amide bonds. The number of aromatic nitrogens is 2. The lowest BCUT2D eigenvalue weighted by molar-refractivity contribution is -0.142. The Balaban J connectivity index is 1.60. The second-order valence-electron chi connectivity index (χ2n) is 5.96. The Morgan fingerprint density at radius 1 is 1.35 bits per heavy atom. The van der Waals surface area contributed by atoms with Gasteiger partial charge in [0.1, 0.15) is 6.04 Å². The lowest BCUT2D eigenvalue weighted by atomic mass is 10.2. The number of carbonyl (C=O) groups is 2. The van der Waals surface area contributed by atoms with Crippen LogP contribution in [0.5, 0.6) is 0 Å². The van der Waals surface area contributed by atoms with E-state index in [4.69, 9.17) is 9.26 Å². The number of carbonyl (C=O) groups excluding carboxylic acids is 2. The summed E-state index contributed by atoms with van der Waals surface area (Å²) in [6, 6.07) is 9.06. The van der Waals surface area contributed by atoms with E-state index in [1.165, 1.54) is 0 Å². The minimum atomic E-state index is -0.324. The fraction of sp³-hybridized carbons (Fsp3) is 0.444. The first-order valence-electron chi connectivity index (χ1n) is 8.78. The summed E-state index contributed by atoms with van der Waals surface area (Å²) in [5, 5.41) is 6.77. The van der Waals surface area contributed by atoms with Gasteiger partial charge >= 0.3 is 12.0 Å². The number of nitrogens with zero attached hydrogens (tertiary/aromatic N) is 3. The monoisotopic (exact) mass is 358 g/mol. The van der Waals surface area contributed by atoms with Gasteiger partial charge in [0.05, 0.1) is 13.0 Å². The van der Waals surface area contributed by atoms with Crippen molar-refractivity contribution in [1.82, 2.24) is 20.4 Å². The van der Waals surface area contributed by atoms with E-state index in [9.17, 15) is 9.59 Å². The van der Waals surface area contributed by atoms with Crippen molar-refractivity contribution in [2.24, 2.45) is 0 Å². The molecule has 0 saturated carbocycles. The van der Waals surface area contributed by atoms with E-state index in [1.54, 1.807) is 11.8 Å². The number of rotatable bonds is 6. The zero-order valence-electron chi connectivity index (χ0n) is 14.7. The van der Waals surface area contributed by atoms with Crippen LogP contribution < -0.4 is 5.32 Å². The summed E-state index contributed by atoms with van der Waals surface area (Å²) in [4.78, 5) is 29.9. The number of likely N-dealkylation sites (tertiary alicyclic amines) is 1. The highest BCUT2D eigenvalue weighted by atomic mass is 16.5. The number of hydrogen-bond acceptors (Lipinski definition) is 6. The van der Waals surface area contributed by atoms with Crippen LogP contribution >= 0.6 is 0 Å². The predicted molar refractivity (Wildman–Crippen MR) is 93.1 cm³/mol. The minimum absolute atomic E-state index is 0.150. The van der Waals surface area contributed by atoms with E-state index in [1.807, 2.05) is 30.3 Å². The molecule has 0 aliphatic carbocycles. The third-order valence-corrected chi connectivity index (χ3v) is 4.18. The highest BCUT2D eigenvalue weighted by Crippen LogP contribution is 2.31. The van der Waals surface area contributed by atoms with E-state index in [-0.39, 0.29) is 31.0 Å². The van der Waals surface area contributed by atoms with Crippen LogP contribution in [0.25, 0.3) is 11.4 Å². The summed E-state index contributed by atoms with van der Waals surface area (Å²) in [6.45, 7) is 2.93. The molecule has 1 aromatic heterocycles. The molecular formula is C18H22N4O4. The van der Waals surface area contributed by atoms with Gasteiger partial charge in [0.25, 0.3) is 0 Å². The lowest BCUT2D eigenvalue weighted by Gasteiger charge is -2.22. The molecule has 1 aromatic carbocycles.